The molecule has 0 aliphatic carbocycles. The van der Waals surface area contributed by atoms with E-state index in [1.165, 1.54) is 77.0 Å². The highest BCUT2D eigenvalue weighted by molar-refractivity contribution is 6.74. The standard InChI is InChI=1S/C27H52OSi/c1-7-8-9-10-11-12-13-14-15-16-17-18-19-20-21-22-23-24-25-26-28-29(5,6)27(2,3)4/h19-20,22,24H,7-18,21,25-26H2,1-6H3. The molecule has 0 aromatic heterocycles. The molecule has 0 heterocycles. The first-order valence-electron chi connectivity index (χ1n) is 12.5. The Bertz CT molecular complexity index is 450. The number of hydrogen-bond donors (Lipinski definition) is 0. The van der Waals surface area contributed by atoms with Gasteiger partial charge in [0.15, 0.2) is 8.32 Å². The molecule has 0 spiro atoms. The van der Waals surface area contributed by atoms with Crippen LogP contribution in [0.25, 0.3) is 0 Å². The van der Waals surface area contributed by atoms with E-state index in [0.717, 1.165) is 19.4 Å². The van der Waals surface area contributed by atoms with Gasteiger partial charge in [-0.15, -0.1) is 5.73 Å². The van der Waals surface area contributed by atoms with Crippen molar-refractivity contribution < 1.29 is 4.43 Å². The maximum Gasteiger partial charge on any atom is 0.191 e. The van der Waals surface area contributed by atoms with Gasteiger partial charge in [-0.3, -0.25) is 0 Å². The lowest BCUT2D eigenvalue weighted by molar-refractivity contribution is 0.294. The maximum atomic E-state index is 6.17. The third-order valence-electron chi connectivity index (χ3n) is 6.16. The number of rotatable bonds is 18. The summed E-state index contributed by atoms with van der Waals surface area (Å²) in [6.07, 6.45) is 27.7. The second-order valence-electron chi connectivity index (χ2n) is 10.0. The molecule has 0 aromatic rings. The SMILES string of the molecule is CCCCCCCCCCCCCC=CCC=C=CCCO[Si](C)(C)C(C)(C)C. The molecule has 0 amide bonds. The number of allylic oxidation sites excluding steroid dienone is 2. The molecule has 29 heavy (non-hydrogen) atoms. The Morgan fingerprint density at radius 2 is 1.28 bits per heavy atom. The summed E-state index contributed by atoms with van der Waals surface area (Å²) in [5.74, 6) is 0. The minimum Gasteiger partial charge on any atom is -0.416 e. The predicted molar refractivity (Wildman–Crippen MR) is 135 cm³/mol. The van der Waals surface area contributed by atoms with Crippen molar-refractivity contribution in [2.45, 2.75) is 136 Å². The van der Waals surface area contributed by atoms with Crippen molar-refractivity contribution in [1.29, 1.82) is 0 Å². The van der Waals surface area contributed by atoms with E-state index in [0.29, 0.717) is 5.04 Å². The van der Waals surface area contributed by atoms with Gasteiger partial charge in [-0.1, -0.05) is 104 Å². The molecule has 0 rings (SSSR count). The van der Waals surface area contributed by atoms with E-state index in [1.807, 2.05) is 0 Å². The van der Waals surface area contributed by atoms with Gasteiger partial charge in [-0.25, -0.2) is 0 Å². The molecule has 0 N–H and O–H groups in total. The summed E-state index contributed by atoms with van der Waals surface area (Å²) in [7, 11) is -1.59. The van der Waals surface area contributed by atoms with Crippen LogP contribution in [0.2, 0.25) is 18.1 Å². The minimum atomic E-state index is -1.59. The summed E-state index contributed by atoms with van der Waals surface area (Å²) < 4.78 is 6.17. The molecule has 0 atom stereocenters. The highest BCUT2D eigenvalue weighted by Crippen LogP contribution is 2.36. The fraction of sp³-hybridized carbons (Fsp3) is 0.815. The summed E-state index contributed by atoms with van der Waals surface area (Å²) in [6, 6.07) is 0. The van der Waals surface area contributed by atoms with E-state index in [9.17, 15) is 0 Å². The molecule has 0 saturated carbocycles. The monoisotopic (exact) mass is 420 g/mol. The average molecular weight is 421 g/mol. The van der Waals surface area contributed by atoms with Gasteiger partial charge < -0.3 is 4.43 Å². The zero-order chi connectivity index (χ0) is 21.8. The Labute approximate surface area is 185 Å². The van der Waals surface area contributed by atoms with Crippen LogP contribution >= 0.6 is 0 Å². The van der Waals surface area contributed by atoms with Crippen LogP contribution in [0, 0.1) is 0 Å². The summed E-state index contributed by atoms with van der Waals surface area (Å²) in [5, 5.41) is 0.297. The van der Waals surface area contributed by atoms with Crippen LogP contribution in [-0.4, -0.2) is 14.9 Å². The topological polar surface area (TPSA) is 9.23 Å². The van der Waals surface area contributed by atoms with Gasteiger partial charge in [-0.05, 0) is 56.0 Å². The van der Waals surface area contributed by atoms with Gasteiger partial charge in [0.2, 0.25) is 0 Å². The van der Waals surface area contributed by atoms with Crippen LogP contribution in [0.15, 0.2) is 30.0 Å². The van der Waals surface area contributed by atoms with Crippen molar-refractivity contribution in [1.82, 2.24) is 0 Å². The van der Waals surface area contributed by atoms with Crippen molar-refractivity contribution in [2.24, 2.45) is 0 Å². The summed E-state index contributed by atoms with van der Waals surface area (Å²) in [5.41, 5.74) is 3.29. The Hall–Kier alpha value is -0.563. The highest BCUT2D eigenvalue weighted by Gasteiger charge is 2.36. The van der Waals surface area contributed by atoms with Gasteiger partial charge in [-0.2, -0.15) is 0 Å². The smallest absolute Gasteiger partial charge is 0.191 e. The van der Waals surface area contributed by atoms with Crippen LogP contribution in [0.1, 0.15) is 118 Å². The first-order valence-corrected chi connectivity index (χ1v) is 15.4. The van der Waals surface area contributed by atoms with E-state index in [4.69, 9.17) is 4.43 Å². The van der Waals surface area contributed by atoms with E-state index in [-0.39, 0.29) is 0 Å². The average Bonchev–Trinajstić information content (AvgIpc) is 2.65. The molecular formula is C27H52OSi. The van der Waals surface area contributed by atoms with Gasteiger partial charge >= 0.3 is 0 Å². The normalized spacial score (nSPS) is 12.3. The fourth-order valence-electron chi connectivity index (χ4n) is 3.03. The Morgan fingerprint density at radius 1 is 0.724 bits per heavy atom. The van der Waals surface area contributed by atoms with Crippen LogP contribution < -0.4 is 0 Å². The molecular weight excluding hydrogens is 368 g/mol. The molecule has 0 unspecified atom stereocenters. The molecule has 0 aromatic carbocycles. The van der Waals surface area contributed by atoms with Crippen LogP contribution in [0.5, 0.6) is 0 Å². The third-order valence-corrected chi connectivity index (χ3v) is 10.7. The van der Waals surface area contributed by atoms with Crippen LogP contribution in [-0.2, 0) is 4.43 Å². The van der Waals surface area contributed by atoms with Crippen molar-refractivity contribution in [3.8, 4) is 0 Å². The molecule has 0 aliphatic rings. The second-order valence-corrected chi connectivity index (χ2v) is 14.8. The Kier molecular flexibility index (Phi) is 17.9. The second kappa shape index (κ2) is 18.2. The van der Waals surface area contributed by atoms with E-state index < -0.39 is 8.32 Å². The minimum absolute atomic E-state index is 0.297. The fourth-order valence-corrected chi connectivity index (χ4v) is 4.09. The molecule has 0 saturated heterocycles. The van der Waals surface area contributed by atoms with Crippen molar-refractivity contribution in [3.63, 3.8) is 0 Å². The van der Waals surface area contributed by atoms with Crippen LogP contribution in [0.4, 0.5) is 0 Å². The molecule has 0 fully saturated rings. The first kappa shape index (κ1) is 28.4. The zero-order valence-corrected chi connectivity index (χ0v) is 21.8. The van der Waals surface area contributed by atoms with Gasteiger partial charge in [0, 0.05) is 6.61 Å². The third kappa shape index (κ3) is 18.0. The summed E-state index contributed by atoms with van der Waals surface area (Å²) in [6.45, 7) is 14.6. The molecule has 0 bridgehead atoms. The predicted octanol–water partition coefficient (Wildman–Crippen LogP) is 9.76. The molecule has 170 valence electrons. The molecule has 1 nitrogen and oxygen atoms in total. The van der Waals surface area contributed by atoms with Gasteiger partial charge in [0.05, 0.1) is 0 Å². The van der Waals surface area contributed by atoms with E-state index in [2.05, 4.69) is 70.8 Å². The van der Waals surface area contributed by atoms with Gasteiger partial charge in [0.1, 0.15) is 0 Å². The quantitative estimate of drug-likeness (QED) is 0.0927. The largest absolute Gasteiger partial charge is 0.416 e. The summed E-state index contributed by atoms with van der Waals surface area (Å²) in [4.78, 5) is 0. The zero-order valence-electron chi connectivity index (χ0n) is 20.8. The Balaban J connectivity index is 3.48. The van der Waals surface area contributed by atoms with Gasteiger partial charge in [0.25, 0.3) is 0 Å². The molecule has 2 heteroatoms. The lowest BCUT2D eigenvalue weighted by Crippen LogP contribution is -2.40. The van der Waals surface area contributed by atoms with Crippen molar-refractivity contribution in [3.05, 3.63) is 30.0 Å². The lowest BCUT2D eigenvalue weighted by Gasteiger charge is -2.36. The molecule has 0 radical (unpaired) electrons. The van der Waals surface area contributed by atoms with E-state index >= 15 is 0 Å². The van der Waals surface area contributed by atoms with Crippen molar-refractivity contribution >= 4 is 8.32 Å². The number of unbranched alkanes of at least 4 members (excludes halogenated alkanes) is 11. The summed E-state index contributed by atoms with van der Waals surface area (Å²) >= 11 is 0. The molecule has 0 aliphatic heterocycles. The first-order chi connectivity index (χ1) is 13.8. The maximum absolute atomic E-state index is 6.17. The number of hydrogen-bond acceptors (Lipinski definition) is 1. The Morgan fingerprint density at radius 3 is 1.83 bits per heavy atom. The van der Waals surface area contributed by atoms with Crippen LogP contribution in [0.3, 0.4) is 0 Å². The van der Waals surface area contributed by atoms with E-state index in [1.54, 1.807) is 0 Å². The van der Waals surface area contributed by atoms with Crippen molar-refractivity contribution in [2.75, 3.05) is 6.61 Å². The lowest BCUT2D eigenvalue weighted by atomic mass is 10.1. The highest BCUT2D eigenvalue weighted by atomic mass is 28.4.